The molecule has 0 aromatic carbocycles. The number of anilines is 1. The van der Waals surface area contributed by atoms with Crippen LogP contribution in [-0.4, -0.2) is 16.3 Å². The molecule has 0 saturated carbocycles. The van der Waals surface area contributed by atoms with E-state index in [0.717, 1.165) is 5.76 Å². The molecule has 0 aliphatic carbocycles. The first-order valence-corrected chi connectivity index (χ1v) is 6.06. The molecule has 1 amide bonds. The third-order valence-electron chi connectivity index (χ3n) is 2.31. The first-order valence-electron chi connectivity index (χ1n) is 5.63. The zero-order valence-corrected chi connectivity index (χ0v) is 11.6. The van der Waals surface area contributed by atoms with Crippen LogP contribution in [0.5, 0.6) is 0 Å². The Morgan fingerprint density at radius 2 is 2.06 bits per heavy atom. The van der Waals surface area contributed by atoms with Gasteiger partial charge in [-0.2, -0.15) is 0 Å². The Morgan fingerprint density at radius 1 is 1.47 bits per heavy atom. The summed E-state index contributed by atoms with van der Waals surface area (Å²) in [6.45, 7) is 9.80. The number of hydrogen-bond donors (Lipinski definition) is 1. The van der Waals surface area contributed by atoms with Gasteiger partial charge in [0.1, 0.15) is 11.1 Å². The zero-order valence-electron chi connectivity index (χ0n) is 10.9. The first-order chi connectivity index (χ1) is 7.71. The molecule has 17 heavy (non-hydrogen) atoms. The number of nitrogens with zero attached hydrogens (tertiary/aromatic N) is 1. The fourth-order valence-electron chi connectivity index (χ4n) is 1.16. The number of hydrogen-bond acceptors (Lipinski definition) is 3. The fourth-order valence-corrected chi connectivity index (χ4v) is 1.21. The van der Waals surface area contributed by atoms with Crippen LogP contribution < -0.4 is 5.32 Å². The number of rotatable bonds is 3. The van der Waals surface area contributed by atoms with Gasteiger partial charge in [-0.15, -0.1) is 11.6 Å². The van der Waals surface area contributed by atoms with Crippen molar-refractivity contribution < 1.29 is 9.21 Å². The van der Waals surface area contributed by atoms with Crippen LogP contribution in [0, 0.1) is 5.92 Å². The van der Waals surface area contributed by atoms with Gasteiger partial charge in [0.2, 0.25) is 5.91 Å². The van der Waals surface area contributed by atoms with E-state index in [4.69, 9.17) is 16.0 Å². The SMILES string of the molecule is CC(C)[C@H](Cl)C(=O)Nc1ncc(C(C)(C)C)o1. The Kier molecular flexibility index (Phi) is 4.20. The van der Waals surface area contributed by atoms with Crippen LogP contribution in [0.4, 0.5) is 6.01 Å². The topological polar surface area (TPSA) is 55.1 Å². The summed E-state index contributed by atoms with van der Waals surface area (Å²) in [5.41, 5.74) is -0.131. The summed E-state index contributed by atoms with van der Waals surface area (Å²) in [6, 6.07) is 0.200. The van der Waals surface area contributed by atoms with Crippen molar-refractivity contribution in [3.05, 3.63) is 12.0 Å². The molecule has 0 bridgehead atoms. The predicted octanol–water partition coefficient (Wildman–Crippen LogP) is 3.17. The van der Waals surface area contributed by atoms with Crippen LogP contribution in [-0.2, 0) is 10.2 Å². The second kappa shape index (κ2) is 5.08. The minimum absolute atomic E-state index is 0.0636. The number of carbonyl (C=O) groups is 1. The van der Waals surface area contributed by atoms with E-state index in [9.17, 15) is 4.79 Å². The molecule has 1 aromatic rings. The summed E-state index contributed by atoms with van der Waals surface area (Å²) in [5, 5.41) is 1.98. The van der Waals surface area contributed by atoms with Crippen LogP contribution in [0.2, 0.25) is 0 Å². The van der Waals surface area contributed by atoms with Gasteiger partial charge in [0, 0.05) is 5.41 Å². The van der Waals surface area contributed by atoms with Crippen LogP contribution in [0.1, 0.15) is 40.4 Å². The highest BCUT2D eigenvalue weighted by Gasteiger charge is 2.23. The molecule has 1 atom stereocenters. The maximum Gasteiger partial charge on any atom is 0.301 e. The molecule has 1 heterocycles. The normalized spacial score (nSPS) is 13.8. The van der Waals surface area contributed by atoms with Gasteiger partial charge in [-0.05, 0) is 5.92 Å². The Labute approximate surface area is 107 Å². The molecular formula is C12H19ClN2O2. The van der Waals surface area contributed by atoms with Crippen LogP contribution in [0.25, 0.3) is 0 Å². The van der Waals surface area contributed by atoms with Crippen molar-refractivity contribution in [2.45, 2.75) is 45.4 Å². The summed E-state index contributed by atoms with van der Waals surface area (Å²) in [5.74, 6) is 0.501. The summed E-state index contributed by atoms with van der Waals surface area (Å²) < 4.78 is 5.45. The van der Waals surface area contributed by atoms with Crippen molar-refractivity contribution >= 4 is 23.5 Å². The van der Waals surface area contributed by atoms with Gasteiger partial charge in [0.25, 0.3) is 0 Å². The molecule has 5 heteroatoms. The van der Waals surface area contributed by atoms with Gasteiger partial charge < -0.3 is 4.42 Å². The van der Waals surface area contributed by atoms with E-state index in [1.165, 1.54) is 0 Å². The van der Waals surface area contributed by atoms with Crippen molar-refractivity contribution in [2.75, 3.05) is 5.32 Å². The van der Waals surface area contributed by atoms with Crippen LogP contribution in [0.3, 0.4) is 0 Å². The smallest absolute Gasteiger partial charge is 0.301 e. The molecular weight excluding hydrogens is 240 g/mol. The number of nitrogens with one attached hydrogen (secondary N) is 1. The number of oxazole rings is 1. The largest absolute Gasteiger partial charge is 0.428 e. The quantitative estimate of drug-likeness (QED) is 0.848. The summed E-state index contributed by atoms with van der Waals surface area (Å²) >= 11 is 5.93. The Hall–Kier alpha value is -1.03. The highest BCUT2D eigenvalue weighted by atomic mass is 35.5. The van der Waals surface area contributed by atoms with E-state index in [1.807, 2.05) is 34.6 Å². The molecule has 1 rings (SSSR count). The zero-order chi connectivity index (χ0) is 13.2. The van der Waals surface area contributed by atoms with E-state index < -0.39 is 5.38 Å². The molecule has 0 unspecified atom stereocenters. The third-order valence-corrected chi connectivity index (χ3v) is 3.01. The summed E-state index contributed by atoms with van der Waals surface area (Å²) in [6.07, 6.45) is 1.62. The van der Waals surface area contributed by atoms with Gasteiger partial charge in [-0.3, -0.25) is 10.1 Å². The minimum Gasteiger partial charge on any atom is -0.428 e. The molecule has 0 fully saturated rings. The third kappa shape index (κ3) is 3.73. The van der Waals surface area contributed by atoms with E-state index in [-0.39, 0.29) is 23.3 Å². The molecule has 1 N–H and O–H groups in total. The van der Waals surface area contributed by atoms with E-state index in [1.54, 1.807) is 6.20 Å². The Bertz CT molecular complexity index is 393. The van der Waals surface area contributed by atoms with Gasteiger partial charge >= 0.3 is 6.01 Å². The average molecular weight is 259 g/mol. The van der Waals surface area contributed by atoms with Gasteiger partial charge in [-0.1, -0.05) is 34.6 Å². The van der Waals surface area contributed by atoms with Gasteiger partial charge in [-0.25, -0.2) is 4.98 Å². The maximum atomic E-state index is 11.7. The molecule has 0 aliphatic rings. The molecule has 96 valence electrons. The number of carbonyl (C=O) groups excluding carboxylic acids is 1. The summed E-state index contributed by atoms with van der Waals surface area (Å²) in [4.78, 5) is 15.7. The molecule has 0 radical (unpaired) electrons. The van der Waals surface area contributed by atoms with E-state index in [2.05, 4.69) is 10.3 Å². The highest BCUT2D eigenvalue weighted by molar-refractivity contribution is 6.32. The average Bonchev–Trinajstić information content (AvgIpc) is 2.64. The number of alkyl halides is 1. The van der Waals surface area contributed by atoms with Crippen molar-refractivity contribution in [1.29, 1.82) is 0 Å². The predicted molar refractivity (Wildman–Crippen MR) is 68.3 cm³/mol. The lowest BCUT2D eigenvalue weighted by Gasteiger charge is -2.13. The standard InChI is InChI=1S/C12H19ClN2O2/c1-7(2)9(13)10(16)15-11-14-6-8(17-11)12(3,4)5/h6-7,9H,1-5H3,(H,14,15,16)/t9-/m0/s1. The maximum absolute atomic E-state index is 11.7. The van der Waals surface area contributed by atoms with Crippen molar-refractivity contribution in [3.8, 4) is 0 Å². The number of halogens is 1. The van der Waals surface area contributed by atoms with Crippen molar-refractivity contribution in [2.24, 2.45) is 5.92 Å². The Morgan fingerprint density at radius 3 is 2.47 bits per heavy atom. The lowest BCUT2D eigenvalue weighted by Crippen LogP contribution is -2.27. The highest BCUT2D eigenvalue weighted by Crippen LogP contribution is 2.24. The van der Waals surface area contributed by atoms with E-state index >= 15 is 0 Å². The molecule has 0 spiro atoms. The Balaban J connectivity index is 2.71. The second-order valence-corrected chi connectivity index (χ2v) is 5.88. The van der Waals surface area contributed by atoms with Crippen molar-refractivity contribution in [3.63, 3.8) is 0 Å². The minimum atomic E-state index is -0.583. The first kappa shape index (κ1) is 14.0. The van der Waals surface area contributed by atoms with Gasteiger partial charge in [0.05, 0.1) is 6.20 Å². The molecule has 0 aliphatic heterocycles. The molecule has 0 saturated heterocycles. The van der Waals surface area contributed by atoms with Crippen LogP contribution in [0.15, 0.2) is 10.6 Å². The fraction of sp³-hybridized carbons (Fsp3) is 0.667. The summed E-state index contributed by atoms with van der Waals surface area (Å²) in [7, 11) is 0. The second-order valence-electron chi connectivity index (χ2n) is 5.41. The van der Waals surface area contributed by atoms with Crippen LogP contribution >= 0.6 is 11.6 Å². The van der Waals surface area contributed by atoms with Crippen molar-refractivity contribution in [1.82, 2.24) is 4.98 Å². The molecule has 4 nitrogen and oxygen atoms in total. The van der Waals surface area contributed by atoms with Gasteiger partial charge in [0.15, 0.2) is 0 Å². The number of aromatic nitrogens is 1. The van der Waals surface area contributed by atoms with E-state index in [0.29, 0.717) is 0 Å². The monoisotopic (exact) mass is 258 g/mol. The lowest BCUT2D eigenvalue weighted by atomic mass is 9.94. The lowest BCUT2D eigenvalue weighted by molar-refractivity contribution is -0.116. The molecule has 1 aromatic heterocycles. The number of amides is 1.